The molecule has 0 saturated heterocycles. The first-order valence-corrected chi connectivity index (χ1v) is 7.85. The van der Waals surface area contributed by atoms with Crippen molar-refractivity contribution in [2.45, 2.75) is 37.0 Å². The molecule has 1 aliphatic rings. The van der Waals surface area contributed by atoms with Gasteiger partial charge in [0.15, 0.2) is 11.6 Å². The van der Waals surface area contributed by atoms with Crippen LogP contribution in [0.3, 0.4) is 0 Å². The van der Waals surface area contributed by atoms with Gasteiger partial charge in [0.2, 0.25) is 15.7 Å². The zero-order chi connectivity index (χ0) is 14.5. The summed E-state index contributed by atoms with van der Waals surface area (Å²) in [5.41, 5.74) is 0.479. The molecule has 3 heterocycles. The third kappa shape index (κ3) is 2.07. The van der Waals surface area contributed by atoms with E-state index in [2.05, 4.69) is 10.1 Å². The van der Waals surface area contributed by atoms with E-state index < -0.39 is 9.84 Å². The molecule has 106 valence electrons. The SMILES string of the molecule is CC(C)(C)c1cc2c(cn1)Oc1ccnn1CS2(=O)=O. The molecule has 2 aromatic heterocycles. The molecule has 0 atom stereocenters. The van der Waals surface area contributed by atoms with Gasteiger partial charge in [0, 0.05) is 17.2 Å². The van der Waals surface area contributed by atoms with Crippen molar-refractivity contribution < 1.29 is 13.2 Å². The molecule has 7 heteroatoms. The Morgan fingerprint density at radius 2 is 2.10 bits per heavy atom. The lowest BCUT2D eigenvalue weighted by Crippen LogP contribution is -2.16. The van der Waals surface area contributed by atoms with Crippen molar-refractivity contribution in [1.82, 2.24) is 14.8 Å². The minimum atomic E-state index is -3.51. The van der Waals surface area contributed by atoms with Gasteiger partial charge in [-0.3, -0.25) is 4.98 Å². The maximum Gasteiger partial charge on any atom is 0.218 e. The molecule has 0 aromatic carbocycles. The number of nitrogens with zero attached hydrogens (tertiary/aromatic N) is 3. The van der Waals surface area contributed by atoms with Crippen molar-refractivity contribution in [3.8, 4) is 11.6 Å². The first kappa shape index (κ1) is 13.1. The first-order chi connectivity index (χ1) is 9.27. The van der Waals surface area contributed by atoms with Crippen LogP contribution in [0, 0.1) is 0 Å². The van der Waals surface area contributed by atoms with Crippen LogP contribution in [0.25, 0.3) is 0 Å². The van der Waals surface area contributed by atoms with Crippen LogP contribution in [-0.4, -0.2) is 23.2 Å². The molecule has 0 amide bonds. The second-order valence-electron chi connectivity index (χ2n) is 5.78. The van der Waals surface area contributed by atoms with Crippen molar-refractivity contribution in [2.75, 3.05) is 0 Å². The van der Waals surface area contributed by atoms with Crippen LogP contribution in [0.2, 0.25) is 0 Å². The van der Waals surface area contributed by atoms with E-state index in [1.807, 2.05) is 20.8 Å². The maximum absolute atomic E-state index is 12.5. The molecular weight excluding hydrogens is 278 g/mol. The van der Waals surface area contributed by atoms with E-state index in [1.165, 1.54) is 17.1 Å². The van der Waals surface area contributed by atoms with Gasteiger partial charge in [0.05, 0.1) is 12.4 Å². The minimum Gasteiger partial charge on any atom is -0.436 e. The van der Waals surface area contributed by atoms with Crippen LogP contribution in [0.1, 0.15) is 26.5 Å². The van der Waals surface area contributed by atoms with Gasteiger partial charge in [-0.2, -0.15) is 5.10 Å². The highest BCUT2D eigenvalue weighted by atomic mass is 32.2. The molecule has 0 spiro atoms. The topological polar surface area (TPSA) is 74.1 Å². The molecule has 0 aliphatic carbocycles. The average Bonchev–Trinajstić information content (AvgIpc) is 2.70. The zero-order valence-corrected chi connectivity index (χ0v) is 12.3. The van der Waals surface area contributed by atoms with Gasteiger partial charge < -0.3 is 4.74 Å². The van der Waals surface area contributed by atoms with Crippen LogP contribution in [0.4, 0.5) is 0 Å². The van der Waals surface area contributed by atoms with Crippen molar-refractivity contribution >= 4 is 9.84 Å². The fourth-order valence-corrected chi connectivity index (χ4v) is 3.35. The van der Waals surface area contributed by atoms with Gasteiger partial charge in [-0.25, -0.2) is 13.1 Å². The van der Waals surface area contributed by atoms with Gasteiger partial charge in [0.25, 0.3) is 0 Å². The smallest absolute Gasteiger partial charge is 0.218 e. The molecule has 0 fully saturated rings. The monoisotopic (exact) mass is 293 g/mol. The summed E-state index contributed by atoms with van der Waals surface area (Å²) in [6.07, 6.45) is 2.98. The van der Waals surface area contributed by atoms with Crippen LogP contribution in [0.15, 0.2) is 29.4 Å². The average molecular weight is 293 g/mol. The van der Waals surface area contributed by atoms with E-state index in [9.17, 15) is 8.42 Å². The summed E-state index contributed by atoms with van der Waals surface area (Å²) in [4.78, 5) is 4.48. The highest BCUT2D eigenvalue weighted by Crippen LogP contribution is 2.35. The standard InChI is InChI=1S/C13H15N3O3S/c1-13(2,3)11-6-10-9(7-14-11)19-12-4-5-15-16(12)8-20(10,17)18/h4-7H,8H2,1-3H3. The Hall–Kier alpha value is -1.89. The molecule has 1 aliphatic heterocycles. The summed E-state index contributed by atoms with van der Waals surface area (Å²) >= 11 is 0. The number of rotatable bonds is 0. The fourth-order valence-electron chi connectivity index (χ4n) is 2.00. The summed E-state index contributed by atoms with van der Waals surface area (Å²) in [6.45, 7) is 5.95. The molecule has 0 radical (unpaired) electrons. The van der Waals surface area contributed by atoms with E-state index in [0.717, 1.165) is 0 Å². The maximum atomic E-state index is 12.5. The second kappa shape index (κ2) is 4.05. The van der Waals surface area contributed by atoms with Crippen molar-refractivity contribution in [3.05, 3.63) is 30.2 Å². The molecule has 0 unspecified atom stereocenters. The Kier molecular flexibility index (Phi) is 2.66. The fraction of sp³-hybridized carbons (Fsp3) is 0.385. The summed E-state index contributed by atoms with van der Waals surface area (Å²) in [5, 5.41) is 3.96. The molecule has 0 saturated carbocycles. The van der Waals surface area contributed by atoms with Gasteiger partial charge >= 0.3 is 0 Å². The number of sulfone groups is 1. The van der Waals surface area contributed by atoms with E-state index in [-0.39, 0.29) is 21.9 Å². The first-order valence-electron chi connectivity index (χ1n) is 6.20. The normalized spacial score (nSPS) is 16.8. The Morgan fingerprint density at radius 3 is 2.80 bits per heavy atom. The van der Waals surface area contributed by atoms with E-state index in [1.54, 1.807) is 12.1 Å². The molecule has 0 N–H and O–H groups in total. The highest BCUT2D eigenvalue weighted by molar-refractivity contribution is 7.90. The third-order valence-corrected chi connectivity index (χ3v) is 4.69. The predicted molar refractivity (Wildman–Crippen MR) is 72.4 cm³/mol. The Labute approximate surface area is 117 Å². The van der Waals surface area contributed by atoms with Gasteiger partial charge in [-0.15, -0.1) is 0 Å². The molecule has 6 nitrogen and oxygen atoms in total. The number of hydrogen-bond acceptors (Lipinski definition) is 5. The lowest BCUT2D eigenvalue weighted by molar-refractivity contribution is 0.422. The molecule has 0 bridgehead atoms. The van der Waals surface area contributed by atoms with Crippen LogP contribution in [-0.2, 0) is 21.1 Å². The molecule has 3 rings (SSSR count). The largest absolute Gasteiger partial charge is 0.436 e. The number of aromatic nitrogens is 3. The van der Waals surface area contributed by atoms with Crippen molar-refractivity contribution in [3.63, 3.8) is 0 Å². The van der Waals surface area contributed by atoms with E-state index in [0.29, 0.717) is 11.6 Å². The summed E-state index contributed by atoms with van der Waals surface area (Å²) in [5.74, 6) is 0.422. The molecular formula is C13H15N3O3S. The summed E-state index contributed by atoms with van der Waals surface area (Å²) in [7, 11) is -3.51. The number of pyridine rings is 1. The summed E-state index contributed by atoms with van der Waals surface area (Å²) in [6, 6.07) is 3.22. The Bertz CT molecular complexity index is 772. The van der Waals surface area contributed by atoms with Gasteiger partial charge in [0.1, 0.15) is 4.90 Å². The van der Waals surface area contributed by atoms with Crippen molar-refractivity contribution in [1.29, 1.82) is 0 Å². The van der Waals surface area contributed by atoms with E-state index in [4.69, 9.17) is 4.74 Å². The lowest BCUT2D eigenvalue weighted by atomic mass is 9.92. The number of hydrogen-bond donors (Lipinski definition) is 0. The van der Waals surface area contributed by atoms with Crippen molar-refractivity contribution in [2.24, 2.45) is 0 Å². The number of fused-ring (bicyclic) bond motifs is 2. The zero-order valence-electron chi connectivity index (χ0n) is 11.5. The third-order valence-electron chi connectivity index (χ3n) is 3.12. The predicted octanol–water partition coefficient (Wildman–Crippen LogP) is 2.11. The molecule has 2 aromatic rings. The van der Waals surface area contributed by atoms with Crippen LogP contribution >= 0.6 is 0 Å². The second-order valence-corrected chi connectivity index (χ2v) is 7.71. The van der Waals surface area contributed by atoms with E-state index >= 15 is 0 Å². The quantitative estimate of drug-likeness (QED) is 0.743. The minimum absolute atomic E-state index is 0.169. The Morgan fingerprint density at radius 1 is 1.35 bits per heavy atom. The molecule has 20 heavy (non-hydrogen) atoms. The van der Waals surface area contributed by atoms with Crippen LogP contribution < -0.4 is 4.74 Å². The number of ether oxygens (including phenoxy) is 1. The Balaban J connectivity index is 2.21. The van der Waals surface area contributed by atoms with Gasteiger partial charge in [-0.05, 0) is 6.07 Å². The highest BCUT2D eigenvalue weighted by Gasteiger charge is 2.29. The van der Waals surface area contributed by atoms with Crippen LogP contribution in [0.5, 0.6) is 11.6 Å². The summed E-state index contributed by atoms with van der Waals surface area (Å²) < 4.78 is 31.9. The van der Waals surface area contributed by atoms with Gasteiger partial charge in [-0.1, -0.05) is 20.8 Å². The lowest BCUT2D eigenvalue weighted by Gasteiger charge is -2.18.